The second kappa shape index (κ2) is 8.02. The van der Waals surface area contributed by atoms with Gasteiger partial charge in [0.25, 0.3) is 0 Å². The fraction of sp³-hybridized carbons (Fsp3) is 0.182. The Balaban J connectivity index is 1.55. The monoisotopic (exact) mass is 452 g/mol. The number of anilines is 1. The van der Waals surface area contributed by atoms with E-state index in [2.05, 4.69) is 5.32 Å². The zero-order valence-electron chi connectivity index (χ0n) is 15.5. The predicted octanol–water partition coefficient (Wildman–Crippen LogP) is 6.59. The molecule has 4 rings (SSSR count). The largest absolute Gasteiger partial charge is 0.416 e. The predicted molar refractivity (Wildman–Crippen MR) is 115 cm³/mol. The summed E-state index contributed by atoms with van der Waals surface area (Å²) in [6.07, 6.45) is -5.15. The Bertz CT molecular complexity index is 1140. The maximum absolute atomic E-state index is 12.7. The number of aliphatic hydroxyl groups excluding tert-OH is 1. The third kappa shape index (κ3) is 4.21. The number of hydrogen-bond acceptors (Lipinski definition) is 2. The number of nitrogens with zero attached hydrogens (tertiary/aromatic N) is 1. The van der Waals surface area contributed by atoms with E-state index in [1.165, 1.54) is 12.1 Å². The molecule has 3 aromatic carbocycles. The Morgan fingerprint density at radius 3 is 1.90 bits per heavy atom. The zero-order chi connectivity index (χ0) is 21.5. The van der Waals surface area contributed by atoms with Crippen LogP contribution in [0.15, 0.2) is 60.7 Å². The van der Waals surface area contributed by atoms with Crippen molar-refractivity contribution in [2.75, 3.05) is 11.9 Å². The van der Waals surface area contributed by atoms with Crippen LogP contribution in [0, 0.1) is 0 Å². The van der Waals surface area contributed by atoms with Gasteiger partial charge in [0, 0.05) is 44.1 Å². The molecule has 0 fully saturated rings. The first kappa shape index (κ1) is 20.8. The molecule has 0 amide bonds. The molecule has 1 unspecified atom stereocenters. The fourth-order valence-electron chi connectivity index (χ4n) is 3.53. The van der Waals surface area contributed by atoms with Crippen LogP contribution in [0.1, 0.15) is 5.56 Å². The summed E-state index contributed by atoms with van der Waals surface area (Å²) in [6.45, 7) is 0.463. The minimum atomic E-state index is -4.37. The molecule has 156 valence electrons. The van der Waals surface area contributed by atoms with Crippen molar-refractivity contribution in [2.45, 2.75) is 18.8 Å². The molecule has 30 heavy (non-hydrogen) atoms. The summed E-state index contributed by atoms with van der Waals surface area (Å²) in [7, 11) is 0. The van der Waals surface area contributed by atoms with E-state index in [4.69, 9.17) is 23.2 Å². The SMILES string of the molecule is OC(CNc1ccc(C(F)(F)F)cc1)Cn1c2ccc(Cl)cc2c2cc(Cl)ccc21. The fourth-order valence-corrected chi connectivity index (χ4v) is 3.88. The topological polar surface area (TPSA) is 37.2 Å². The molecule has 0 aliphatic heterocycles. The molecule has 0 bridgehead atoms. The van der Waals surface area contributed by atoms with Crippen LogP contribution < -0.4 is 5.32 Å². The molecular weight excluding hydrogens is 436 g/mol. The van der Waals surface area contributed by atoms with Crippen LogP contribution in [-0.2, 0) is 12.7 Å². The summed E-state index contributed by atoms with van der Waals surface area (Å²) in [5.74, 6) is 0. The van der Waals surface area contributed by atoms with Crippen LogP contribution in [0.4, 0.5) is 18.9 Å². The van der Waals surface area contributed by atoms with Crippen molar-refractivity contribution in [3.8, 4) is 0 Å². The summed E-state index contributed by atoms with van der Waals surface area (Å²) in [6, 6.07) is 15.8. The van der Waals surface area contributed by atoms with Crippen molar-refractivity contribution in [1.29, 1.82) is 0 Å². The number of hydrogen-bond donors (Lipinski definition) is 2. The molecule has 8 heteroatoms. The van der Waals surface area contributed by atoms with Crippen LogP contribution >= 0.6 is 23.2 Å². The zero-order valence-corrected chi connectivity index (χ0v) is 17.1. The van der Waals surface area contributed by atoms with Crippen molar-refractivity contribution in [2.24, 2.45) is 0 Å². The van der Waals surface area contributed by atoms with E-state index < -0.39 is 17.8 Å². The van der Waals surface area contributed by atoms with Gasteiger partial charge in [-0.15, -0.1) is 0 Å². The average molecular weight is 453 g/mol. The molecular formula is C22H17Cl2F3N2O. The van der Waals surface area contributed by atoms with Crippen LogP contribution in [0.3, 0.4) is 0 Å². The van der Waals surface area contributed by atoms with Crippen molar-refractivity contribution in [1.82, 2.24) is 4.57 Å². The van der Waals surface area contributed by atoms with Crippen LogP contribution in [0.5, 0.6) is 0 Å². The average Bonchev–Trinajstić information content (AvgIpc) is 2.98. The van der Waals surface area contributed by atoms with Gasteiger partial charge < -0.3 is 15.0 Å². The quantitative estimate of drug-likeness (QED) is 0.358. The molecule has 0 spiro atoms. The van der Waals surface area contributed by atoms with Gasteiger partial charge in [0.15, 0.2) is 0 Å². The molecule has 1 aromatic heterocycles. The van der Waals surface area contributed by atoms with Crippen LogP contribution in [0.2, 0.25) is 10.0 Å². The molecule has 0 aliphatic carbocycles. The second-order valence-corrected chi connectivity index (χ2v) is 7.92. The number of alkyl halides is 3. The summed E-state index contributed by atoms with van der Waals surface area (Å²) >= 11 is 12.3. The van der Waals surface area contributed by atoms with Gasteiger partial charge in [-0.25, -0.2) is 0 Å². The van der Waals surface area contributed by atoms with E-state index in [0.29, 0.717) is 15.7 Å². The van der Waals surface area contributed by atoms with E-state index >= 15 is 0 Å². The van der Waals surface area contributed by atoms with E-state index in [0.717, 1.165) is 33.9 Å². The normalized spacial score (nSPS) is 13.1. The third-order valence-corrected chi connectivity index (χ3v) is 5.41. The van der Waals surface area contributed by atoms with E-state index in [-0.39, 0.29) is 13.1 Å². The highest BCUT2D eigenvalue weighted by Crippen LogP contribution is 2.33. The van der Waals surface area contributed by atoms with E-state index in [1.54, 1.807) is 12.1 Å². The highest BCUT2D eigenvalue weighted by molar-refractivity contribution is 6.33. The first-order valence-corrected chi connectivity index (χ1v) is 9.94. The molecule has 0 radical (unpaired) electrons. The van der Waals surface area contributed by atoms with Crippen molar-refractivity contribution in [3.05, 3.63) is 76.3 Å². The minimum absolute atomic E-state index is 0.174. The summed E-state index contributed by atoms with van der Waals surface area (Å²) in [5, 5.41) is 16.6. The van der Waals surface area contributed by atoms with Crippen LogP contribution in [-0.4, -0.2) is 22.3 Å². The third-order valence-electron chi connectivity index (χ3n) is 4.94. The standard InChI is InChI=1S/C22H17Cl2F3N2O/c23-14-3-7-20-18(9-14)19-10-15(24)4-8-21(19)29(20)12-17(30)11-28-16-5-1-13(2-6-16)22(25,26)27/h1-10,17,28,30H,11-12H2. The summed E-state index contributed by atoms with van der Waals surface area (Å²) < 4.78 is 40.0. The van der Waals surface area contributed by atoms with Crippen molar-refractivity contribution in [3.63, 3.8) is 0 Å². The van der Waals surface area contributed by atoms with Gasteiger partial charge in [0.2, 0.25) is 0 Å². The highest BCUT2D eigenvalue weighted by Gasteiger charge is 2.29. The molecule has 0 saturated carbocycles. The Morgan fingerprint density at radius 2 is 1.40 bits per heavy atom. The van der Waals surface area contributed by atoms with Crippen molar-refractivity contribution < 1.29 is 18.3 Å². The van der Waals surface area contributed by atoms with Gasteiger partial charge in [0.05, 0.1) is 18.2 Å². The Hall–Kier alpha value is -2.41. The summed E-state index contributed by atoms with van der Waals surface area (Å²) in [5.41, 5.74) is 1.61. The van der Waals surface area contributed by atoms with Crippen LogP contribution in [0.25, 0.3) is 21.8 Å². The lowest BCUT2D eigenvalue weighted by Gasteiger charge is -2.16. The van der Waals surface area contributed by atoms with Gasteiger partial charge in [-0.3, -0.25) is 0 Å². The molecule has 0 saturated heterocycles. The number of aromatic nitrogens is 1. The second-order valence-electron chi connectivity index (χ2n) is 7.04. The lowest BCUT2D eigenvalue weighted by atomic mass is 10.1. The molecule has 0 aliphatic rings. The number of halogens is 5. The molecule has 4 aromatic rings. The van der Waals surface area contributed by atoms with E-state index in [1.807, 2.05) is 28.8 Å². The Kier molecular flexibility index (Phi) is 5.57. The molecule has 1 heterocycles. The number of rotatable bonds is 5. The maximum Gasteiger partial charge on any atom is 0.416 e. The Labute approximate surface area is 180 Å². The van der Waals surface area contributed by atoms with Gasteiger partial charge in [-0.2, -0.15) is 13.2 Å². The smallest absolute Gasteiger partial charge is 0.389 e. The lowest BCUT2D eigenvalue weighted by Crippen LogP contribution is -2.24. The summed E-state index contributed by atoms with van der Waals surface area (Å²) in [4.78, 5) is 0. The van der Waals surface area contributed by atoms with Crippen molar-refractivity contribution >= 4 is 50.7 Å². The molecule has 3 nitrogen and oxygen atoms in total. The first-order chi connectivity index (χ1) is 14.2. The number of nitrogens with one attached hydrogen (secondary N) is 1. The maximum atomic E-state index is 12.7. The van der Waals surface area contributed by atoms with Gasteiger partial charge >= 0.3 is 6.18 Å². The van der Waals surface area contributed by atoms with Gasteiger partial charge in [-0.05, 0) is 60.7 Å². The highest BCUT2D eigenvalue weighted by atomic mass is 35.5. The van der Waals surface area contributed by atoms with E-state index in [9.17, 15) is 18.3 Å². The van der Waals surface area contributed by atoms with Gasteiger partial charge in [0.1, 0.15) is 0 Å². The lowest BCUT2D eigenvalue weighted by molar-refractivity contribution is -0.137. The Morgan fingerprint density at radius 1 is 0.867 bits per heavy atom. The van der Waals surface area contributed by atoms with Gasteiger partial charge in [-0.1, -0.05) is 23.2 Å². The number of aliphatic hydroxyl groups is 1. The number of benzene rings is 3. The molecule has 1 atom stereocenters. The minimum Gasteiger partial charge on any atom is -0.389 e. The number of fused-ring (bicyclic) bond motifs is 3. The first-order valence-electron chi connectivity index (χ1n) is 9.18. The molecule has 2 N–H and O–H groups in total.